The van der Waals surface area contributed by atoms with Crippen LogP contribution in [0.3, 0.4) is 0 Å². The normalized spacial score (nSPS) is 11.2. The Bertz CT molecular complexity index is 578. The lowest BCUT2D eigenvalue weighted by Crippen LogP contribution is -1.82. The van der Waals surface area contributed by atoms with Crippen molar-refractivity contribution < 1.29 is 9.59 Å². The van der Waals surface area contributed by atoms with E-state index in [1.807, 2.05) is 86.7 Å². The number of benzene rings is 2. The average Bonchev–Trinajstić information content (AvgIpc) is 2.60. The lowest BCUT2D eigenvalue weighted by molar-refractivity contribution is -0.104. The van der Waals surface area contributed by atoms with Crippen LogP contribution in [0.4, 0.5) is 0 Å². The molecule has 0 saturated heterocycles. The van der Waals surface area contributed by atoms with E-state index in [1.165, 1.54) is 0 Å². The third-order valence-electron chi connectivity index (χ3n) is 3.09. The van der Waals surface area contributed by atoms with Crippen molar-refractivity contribution in [2.45, 2.75) is 13.8 Å². The van der Waals surface area contributed by atoms with E-state index in [-0.39, 0.29) is 0 Å². The number of hydrogen-bond acceptors (Lipinski definition) is 2. The van der Waals surface area contributed by atoms with Gasteiger partial charge in [-0.05, 0) is 25.0 Å². The van der Waals surface area contributed by atoms with E-state index in [9.17, 15) is 9.59 Å². The van der Waals surface area contributed by atoms with Crippen molar-refractivity contribution in [2.75, 3.05) is 0 Å². The van der Waals surface area contributed by atoms with Gasteiger partial charge in [-0.25, -0.2) is 0 Å². The molecule has 0 aliphatic rings. The molecule has 0 radical (unpaired) electrons. The number of carbonyl (C=O) groups is 2. The molecule has 0 heterocycles. The molecule has 0 N–H and O–H groups in total. The summed E-state index contributed by atoms with van der Waals surface area (Å²) in [5, 5.41) is 0. The van der Waals surface area contributed by atoms with Gasteiger partial charge in [0.1, 0.15) is 12.6 Å². The molecular formula is C20H20O2. The number of aldehydes is 2. The largest absolute Gasteiger partial charge is 0.298 e. The molecule has 112 valence electrons. The molecule has 2 nitrogen and oxygen atoms in total. The second-order valence-corrected chi connectivity index (χ2v) is 4.46. The zero-order valence-electron chi connectivity index (χ0n) is 12.9. The van der Waals surface area contributed by atoms with Gasteiger partial charge in [0.15, 0.2) is 0 Å². The second kappa shape index (κ2) is 10.1. The molecule has 2 heteroatoms. The highest BCUT2D eigenvalue weighted by atomic mass is 16.1. The minimum Gasteiger partial charge on any atom is -0.298 e. The van der Waals surface area contributed by atoms with E-state index in [2.05, 4.69) is 0 Å². The molecule has 0 aromatic heterocycles. The van der Waals surface area contributed by atoms with E-state index in [4.69, 9.17) is 0 Å². The summed E-state index contributed by atoms with van der Waals surface area (Å²) in [6.07, 6.45) is 5.36. The van der Waals surface area contributed by atoms with Gasteiger partial charge >= 0.3 is 0 Å². The topological polar surface area (TPSA) is 34.1 Å². The summed E-state index contributed by atoms with van der Waals surface area (Å²) in [6.45, 7) is 3.72. The van der Waals surface area contributed by atoms with Crippen LogP contribution in [-0.2, 0) is 9.59 Å². The monoisotopic (exact) mass is 292 g/mol. The lowest BCUT2D eigenvalue weighted by atomic mass is 10.1. The van der Waals surface area contributed by atoms with E-state index in [0.717, 1.165) is 34.8 Å². The Kier molecular flexibility index (Phi) is 7.91. The number of allylic oxidation sites excluding steroid dienone is 4. The van der Waals surface area contributed by atoms with Gasteiger partial charge in [0.05, 0.1) is 0 Å². The third-order valence-corrected chi connectivity index (χ3v) is 3.09. The molecule has 22 heavy (non-hydrogen) atoms. The highest BCUT2D eigenvalue weighted by Gasteiger charge is 1.95. The van der Waals surface area contributed by atoms with Gasteiger partial charge in [-0.3, -0.25) is 9.59 Å². The van der Waals surface area contributed by atoms with Crippen molar-refractivity contribution in [1.29, 1.82) is 0 Å². The van der Waals surface area contributed by atoms with Crippen LogP contribution in [0.15, 0.2) is 72.8 Å². The zero-order valence-corrected chi connectivity index (χ0v) is 12.9. The maximum atomic E-state index is 10.5. The van der Waals surface area contributed by atoms with E-state index >= 15 is 0 Å². The van der Waals surface area contributed by atoms with Gasteiger partial charge in [-0.2, -0.15) is 0 Å². The predicted octanol–water partition coefficient (Wildman–Crippen LogP) is 4.58. The minimum atomic E-state index is 0.741. The van der Waals surface area contributed by atoms with Gasteiger partial charge in [0, 0.05) is 11.1 Å². The Morgan fingerprint density at radius 1 is 0.636 bits per heavy atom. The van der Waals surface area contributed by atoms with Gasteiger partial charge < -0.3 is 0 Å². The van der Waals surface area contributed by atoms with Crippen molar-refractivity contribution in [3.05, 3.63) is 83.9 Å². The maximum Gasteiger partial charge on any atom is 0.150 e. The lowest BCUT2D eigenvalue weighted by Gasteiger charge is -1.96. The zero-order chi connectivity index (χ0) is 16.2. The summed E-state index contributed by atoms with van der Waals surface area (Å²) in [4.78, 5) is 20.9. The molecule has 2 rings (SSSR count). The minimum absolute atomic E-state index is 0.741. The smallest absolute Gasteiger partial charge is 0.150 e. The van der Waals surface area contributed by atoms with Crippen molar-refractivity contribution in [2.24, 2.45) is 0 Å². The highest BCUT2D eigenvalue weighted by molar-refractivity contribution is 6.07. The molecule has 0 aliphatic heterocycles. The summed E-state index contributed by atoms with van der Waals surface area (Å²) in [7, 11) is 0. The van der Waals surface area contributed by atoms with Crippen LogP contribution in [0.5, 0.6) is 0 Å². The fourth-order valence-electron chi connectivity index (χ4n) is 1.87. The SMILES string of the molecule is CC=C(C=O)c1ccccc1.CC=C(C=O)c1ccccc1. The first-order chi connectivity index (χ1) is 10.8. The van der Waals surface area contributed by atoms with Crippen LogP contribution in [0.1, 0.15) is 25.0 Å². The summed E-state index contributed by atoms with van der Waals surface area (Å²) in [5.74, 6) is 0. The van der Waals surface area contributed by atoms with Crippen molar-refractivity contribution in [3.63, 3.8) is 0 Å². The second-order valence-electron chi connectivity index (χ2n) is 4.46. The molecule has 0 unspecified atom stereocenters. The standard InChI is InChI=1S/2C10H10O/c2*1-2-9(8-11)10-6-4-3-5-7-10/h2*2-8H,1H3. The van der Waals surface area contributed by atoms with Crippen LogP contribution in [-0.4, -0.2) is 12.6 Å². The summed E-state index contributed by atoms with van der Waals surface area (Å²) in [6, 6.07) is 19.2. The molecule has 0 amide bonds. The first-order valence-corrected chi connectivity index (χ1v) is 7.10. The number of hydrogen-bond donors (Lipinski definition) is 0. The fraction of sp³-hybridized carbons (Fsp3) is 0.100. The summed E-state index contributed by atoms with van der Waals surface area (Å²) in [5.41, 5.74) is 3.44. The Balaban J connectivity index is 0.000000220. The van der Waals surface area contributed by atoms with Crippen molar-refractivity contribution in [1.82, 2.24) is 0 Å². The molecule has 0 fully saturated rings. The van der Waals surface area contributed by atoms with E-state index in [0.29, 0.717) is 0 Å². The van der Waals surface area contributed by atoms with Gasteiger partial charge in [0.25, 0.3) is 0 Å². The predicted molar refractivity (Wildman–Crippen MR) is 92.3 cm³/mol. The average molecular weight is 292 g/mol. The summed E-state index contributed by atoms with van der Waals surface area (Å²) >= 11 is 0. The first-order valence-electron chi connectivity index (χ1n) is 7.10. The van der Waals surface area contributed by atoms with E-state index < -0.39 is 0 Å². The Morgan fingerprint density at radius 2 is 0.955 bits per heavy atom. The van der Waals surface area contributed by atoms with Crippen molar-refractivity contribution >= 4 is 23.7 Å². The van der Waals surface area contributed by atoms with Crippen LogP contribution in [0.25, 0.3) is 11.1 Å². The van der Waals surface area contributed by atoms with Gasteiger partial charge in [0.2, 0.25) is 0 Å². The van der Waals surface area contributed by atoms with Gasteiger partial charge in [-0.15, -0.1) is 0 Å². The highest BCUT2D eigenvalue weighted by Crippen LogP contribution is 2.10. The maximum absolute atomic E-state index is 10.5. The molecular weight excluding hydrogens is 272 g/mol. The van der Waals surface area contributed by atoms with Crippen molar-refractivity contribution in [3.8, 4) is 0 Å². The number of carbonyl (C=O) groups excluding carboxylic acids is 2. The summed E-state index contributed by atoms with van der Waals surface area (Å²) < 4.78 is 0. The molecule has 0 spiro atoms. The molecule has 0 atom stereocenters. The third kappa shape index (κ3) is 5.33. The van der Waals surface area contributed by atoms with Crippen LogP contribution in [0, 0.1) is 0 Å². The molecule has 0 saturated carbocycles. The first kappa shape index (κ1) is 17.3. The molecule has 2 aromatic rings. The van der Waals surface area contributed by atoms with Crippen LogP contribution >= 0.6 is 0 Å². The fourth-order valence-corrected chi connectivity index (χ4v) is 1.87. The van der Waals surface area contributed by atoms with Gasteiger partial charge in [-0.1, -0.05) is 72.8 Å². The Morgan fingerprint density at radius 3 is 1.18 bits per heavy atom. The quantitative estimate of drug-likeness (QED) is 0.610. The number of rotatable bonds is 4. The molecule has 0 bridgehead atoms. The van der Waals surface area contributed by atoms with Crippen LogP contribution in [0.2, 0.25) is 0 Å². The molecule has 0 aliphatic carbocycles. The Labute approximate surface area is 131 Å². The Hall–Kier alpha value is -2.74. The van der Waals surface area contributed by atoms with Crippen LogP contribution < -0.4 is 0 Å². The van der Waals surface area contributed by atoms with E-state index in [1.54, 1.807) is 0 Å². The molecule has 2 aromatic carbocycles.